The zero-order valence-electron chi connectivity index (χ0n) is 12.5. The molecule has 0 amide bonds. The molecule has 0 aliphatic rings. The Hall–Kier alpha value is -1.69. The highest BCUT2D eigenvalue weighted by Crippen LogP contribution is 2.29. The Morgan fingerprint density at radius 2 is 1.95 bits per heavy atom. The number of anilines is 1. The lowest BCUT2D eigenvalue weighted by molar-refractivity contribution is 0.415. The predicted molar refractivity (Wildman–Crippen MR) is 79.5 cm³/mol. The lowest BCUT2D eigenvalue weighted by Gasteiger charge is -2.18. The summed E-state index contributed by atoms with van der Waals surface area (Å²) in [5.41, 5.74) is 2.23. The van der Waals surface area contributed by atoms with Crippen molar-refractivity contribution < 1.29 is 4.74 Å². The van der Waals surface area contributed by atoms with E-state index in [0.29, 0.717) is 18.4 Å². The number of nitrogens with zero attached hydrogens (tertiary/aromatic N) is 1. The fourth-order valence-corrected chi connectivity index (χ4v) is 1.87. The zero-order chi connectivity index (χ0) is 14.4. The van der Waals surface area contributed by atoms with E-state index in [1.165, 1.54) is 5.56 Å². The van der Waals surface area contributed by atoms with E-state index in [2.05, 4.69) is 51.2 Å². The second-order valence-electron chi connectivity index (χ2n) is 5.47. The van der Waals surface area contributed by atoms with Crippen LogP contribution in [0.4, 0.5) is 5.69 Å². The van der Waals surface area contributed by atoms with Gasteiger partial charge in [-0.25, -0.2) is 0 Å². The minimum atomic E-state index is 0.00686. The minimum Gasteiger partial charge on any atom is -0.495 e. The Bertz CT molecular complexity index is 447. The van der Waals surface area contributed by atoms with Gasteiger partial charge in [0.25, 0.3) is 0 Å². The van der Waals surface area contributed by atoms with Crippen LogP contribution in [-0.2, 0) is 0 Å². The van der Waals surface area contributed by atoms with Gasteiger partial charge in [0, 0.05) is 6.54 Å². The van der Waals surface area contributed by atoms with Crippen molar-refractivity contribution >= 4 is 5.69 Å². The van der Waals surface area contributed by atoms with E-state index in [0.717, 1.165) is 11.4 Å². The summed E-state index contributed by atoms with van der Waals surface area (Å²) in [4.78, 5) is 0. The maximum atomic E-state index is 9.12. The molecule has 0 fully saturated rings. The Balaban J connectivity index is 2.86. The van der Waals surface area contributed by atoms with E-state index < -0.39 is 0 Å². The summed E-state index contributed by atoms with van der Waals surface area (Å²) in [6, 6.07) is 8.52. The number of rotatable bonds is 6. The van der Waals surface area contributed by atoms with Crippen LogP contribution in [0.15, 0.2) is 18.2 Å². The number of hydrogen-bond acceptors (Lipinski definition) is 3. The smallest absolute Gasteiger partial charge is 0.141 e. The molecule has 0 spiro atoms. The fraction of sp³-hybridized carbons (Fsp3) is 0.562. The van der Waals surface area contributed by atoms with Gasteiger partial charge in [0.1, 0.15) is 5.75 Å². The van der Waals surface area contributed by atoms with Gasteiger partial charge < -0.3 is 10.1 Å². The molecule has 1 unspecified atom stereocenters. The van der Waals surface area contributed by atoms with Gasteiger partial charge in [0.15, 0.2) is 0 Å². The normalized spacial score (nSPS) is 12.3. The average Bonchev–Trinajstić information content (AvgIpc) is 2.38. The highest BCUT2D eigenvalue weighted by Gasteiger charge is 2.13. The molecule has 1 aromatic carbocycles. The third kappa shape index (κ3) is 4.17. The molecule has 19 heavy (non-hydrogen) atoms. The van der Waals surface area contributed by atoms with Crippen molar-refractivity contribution in [2.24, 2.45) is 11.8 Å². The molecule has 0 heterocycles. The summed E-state index contributed by atoms with van der Waals surface area (Å²) in [7, 11) is 1.67. The van der Waals surface area contributed by atoms with Crippen molar-refractivity contribution in [2.45, 2.75) is 33.6 Å². The first-order valence-electron chi connectivity index (χ1n) is 6.81. The van der Waals surface area contributed by atoms with Crippen LogP contribution in [0.2, 0.25) is 0 Å². The lowest BCUT2D eigenvalue weighted by Crippen LogP contribution is -2.18. The van der Waals surface area contributed by atoms with Crippen LogP contribution in [0, 0.1) is 23.2 Å². The second-order valence-corrected chi connectivity index (χ2v) is 5.47. The number of ether oxygens (including phenoxy) is 1. The Morgan fingerprint density at radius 3 is 2.42 bits per heavy atom. The average molecular weight is 260 g/mol. The summed E-state index contributed by atoms with van der Waals surface area (Å²) in [5, 5.41) is 12.5. The molecule has 0 saturated carbocycles. The van der Waals surface area contributed by atoms with Gasteiger partial charge in [-0.3, -0.25) is 0 Å². The van der Waals surface area contributed by atoms with Crippen LogP contribution < -0.4 is 10.1 Å². The summed E-state index contributed by atoms with van der Waals surface area (Å²) in [6.45, 7) is 9.11. The Labute approximate surface area is 116 Å². The fourth-order valence-electron chi connectivity index (χ4n) is 1.87. The number of hydrogen-bond donors (Lipinski definition) is 1. The van der Waals surface area contributed by atoms with Crippen molar-refractivity contribution in [1.82, 2.24) is 0 Å². The minimum absolute atomic E-state index is 0.00686. The van der Waals surface area contributed by atoms with Gasteiger partial charge in [-0.05, 0) is 29.5 Å². The largest absolute Gasteiger partial charge is 0.495 e. The molecule has 1 atom stereocenters. The van der Waals surface area contributed by atoms with Crippen LogP contribution in [-0.4, -0.2) is 13.7 Å². The maximum Gasteiger partial charge on any atom is 0.141 e. The van der Waals surface area contributed by atoms with Crippen molar-refractivity contribution in [3.05, 3.63) is 23.8 Å². The summed E-state index contributed by atoms with van der Waals surface area (Å²) in [5.74, 6) is 1.65. The van der Waals surface area contributed by atoms with Crippen molar-refractivity contribution in [3.8, 4) is 11.8 Å². The molecule has 1 rings (SSSR count). The van der Waals surface area contributed by atoms with E-state index in [1.807, 2.05) is 6.07 Å². The first kappa shape index (κ1) is 15.4. The SMILES string of the molecule is COc1ccc(C(C)C)cc1NCC(C#N)C(C)C. The predicted octanol–water partition coefficient (Wildman–Crippen LogP) is 4.03. The quantitative estimate of drug-likeness (QED) is 0.840. The van der Waals surface area contributed by atoms with Gasteiger partial charge in [-0.2, -0.15) is 5.26 Å². The van der Waals surface area contributed by atoms with Gasteiger partial charge in [0.05, 0.1) is 24.8 Å². The number of methoxy groups -OCH3 is 1. The monoisotopic (exact) mass is 260 g/mol. The van der Waals surface area contributed by atoms with Gasteiger partial charge >= 0.3 is 0 Å². The van der Waals surface area contributed by atoms with Gasteiger partial charge in [-0.15, -0.1) is 0 Å². The molecule has 0 radical (unpaired) electrons. The van der Waals surface area contributed by atoms with E-state index in [9.17, 15) is 0 Å². The lowest BCUT2D eigenvalue weighted by atomic mass is 9.97. The second kappa shape index (κ2) is 7.04. The third-order valence-electron chi connectivity index (χ3n) is 3.37. The van der Waals surface area contributed by atoms with Gasteiger partial charge in [-0.1, -0.05) is 33.8 Å². The highest BCUT2D eigenvalue weighted by molar-refractivity contribution is 5.58. The number of nitriles is 1. The van der Waals surface area contributed by atoms with Crippen molar-refractivity contribution in [3.63, 3.8) is 0 Å². The molecule has 3 nitrogen and oxygen atoms in total. The zero-order valence-corrected chi connectivity index (χ0v) is 12.5. The summed E-state index contributed by atoms with van der Waals surface area (Å²) in [6.07, 6.45) is 0. The van der Waals surface area contributed by atoms with Crippen LogP contribution in [0.25, 0.3) is 0 Å². The number of benzene rings is 1. The van der Waals surface area contributed by atoms with E-state index in [1.54, 1.807) is 7.11 Å². The molecule has 0 bridgehead atoms. The number of nitrogens with one attached hydrogen (secondary N) is 1. The Kier molecular flexibility index (Phi) is 5.69. The van der Waals surface area contributed by atoms with E-state index >= 15 is 0 Å². The highest BCUT2D eigenvalue weighted by atomic mass is 16.5. The van der Waals surface area contributed by atoms with Crippen LogP contribution in [0.1, 0.15) is 39.2 Å². The van der Waals surface area contributed by atoms with Crippen LogP contribution in [0.3, 0.4) is 0 Å². The maximum absolute atomic E-state index is 9.12. The molecule has 0 aromatic heterocycles. The molecule has 0 aliphatic heterocycles. The van der Waals surface area contributed by atoms with Crippen molar-refractivity contribution in [1.29, 1.82) is 5.26 Å². The molecule has 104 valence electrons. The van der Waals surface area contributed by atoms with Crippen LogP contribution in [0.5, 0.6) is 5.75 Å². The molecule has 0 saturated heterocycles. The topological polar surface area (TPSA) is 45.0 Å². The molecule has 0 aliphatic carbocycles. The third-order valence-corrected chi connectivity index (χ3v) is 3.37. The molecule has 1 N–H and O–H groups in total. The standard InChI is InChI=1S/C16H24N2O/c1-11(2)13-6-7-16(19-5)15(8-13)18-10-14(9-17)12(3)4/h6-8,11-12,14,18H,10H2,1-5H3. The molecule has 3 heteroatoms. The van der Waals surface area contributed by atoms with Crippen molar-refractivity contribution in [2.75, 3.05) is 19.0 Å². The van der Waals surface area contributed by atoms with Gasteiger partial charge in [0.2, 0.25) is 0 Å². The van der Waals surface area contributed by atoms with Crippen LogP contribution >= 0.6 is 0 Å². The summed E-state index contributed by atoms with van der Waals surface area (Å²) < 4.78 is 5.36. The Morgan fingerprint density at radius 1 is 1.26 bits per heavy atom. The molecule has 1 aromatic rings. The molecular formula is C16H24N2O. The first-order valence-corrected chi connectivity index (χ1v) is 6.81. The van der Waals surface area contributed by atoms with E-state index in [4.69, 9.17) is 10.00 Å². The van der Waals surface area contributed by atoms with E-state index in [-0.39, 0.29) is 5.92 Å². The first-order chi connectivity index (χ1) is 8.99. The molecular weight excluding hydrogens is 236 g/mol. The summed E-state index contributed by atoms with van der Waals surface area (Å²) >= 11 is 0.